The fraction of sp³-hybridized carbons (Fsp3) is 0.263. The summed E-state index contributed by atoms with van der Waals surface area (Å²) in [5.74, 6) is 1.84. The third-order valence-corrected chi connectivity index (χ3v) is 3.89. The van der Waals surface area contributed by atoms with Gasteiger partial charge in [0, 0.05) is 24.0 Å². The second kappa shape index (κ2) is 7.36. The number of para-hydroxylation sites is 1. The van der Waals surface area contributed by atoms with E-state index in [4.69, 9.17) is 4.74 Å². The van der Waals surface area contributed by atoms with Crippen LogP contribution in [-0.2, 0) is 0 Å². The van der Waals surface area contributed by atoms with Crippen LogP contribution in [0.15, 0.2) is 42.5 Å². The second-order valence-corrected chi connectivity index (χ2v) is 6.03. The Labute approximate surface area is 147 Å². The van der Waals surface area contributed by atoms with E-state index in [1.54, 1.807) is 12.1 Å². The summed E-state index contributed by atoms with van der Waals surface area (Å²) in [6.45, 7) is 1.68. The normalized spacial score (nSPS) is 11.0. The molecule has 1 heterocycles. The number of hydrogen-bond acceptors (Lipinski definition) is 6. The molecule has 3 rings (SSSR count). The van der Waals surface area contributed by atoms with Gasteiger partial charge >= 0.3 is 0 Å². The number of hydrogen-bond donors (Lipinski definition) is 2. The number of phenolic OH excluding ortho intramolecular Hbond substituents is 1. The molecule has 0 aliphatic heterocycles. The first-order chi connectivity index (χ1) is 12.1. The number of ether oxygens (including phenoxy) is 1. The minimum absolute atomic E-state index is 0.0684. The molecule has 0 radical (unpaired) electrons. The van der Waals surface area contributed by atoms with Gasteiger partial charge in [0.15, 0.2) is 17.3 Å². The lowest BCUT2D eigenvalue weighted by Gasteiger charge is -2.14. The lowest BCUT2D eigenvalue weighted by molar-refractivity contribution is 0.373. The molecule has 1 aromatic heterocycles. The summed E-state index contributed by atoms with van der Waals surface area (Å²) in [5.41, 5.74) is 1.59. The lowest BCUT2D eigenvalue weighted by Crippen LogP contribution is -2.21. The average molecular weight is 338 g/mol. The van der Waals surface area contributed by atoms with Crippen LogP contribution < -0.4 is 10.1 Å². The Morgan fingerprint density at radius 3 is 2.64 bits per heavy atom. The van der Waals surface area contributed by atoms with Crippen molar-refractivity contribution in [2.75, 3.05) is 39.6 Å². The van der Waals surface area contributed by atoms with Gasteiger partial charge in [-0.2, -0.15) is 0 Å². The van der Waals surface area contributed by atoms with Crippen LogP contribution in [0.25, 0.3) is 22.3 Å². The molecule has 130 valence electrons. The van der Waals surface area contributed by atoms with Gasteiger partial charge in [0.25, 0.3) is 0 Å². The molecule has 0 spiro atoms. The molecule has 0 saturated carbocycles. The molecule has 2 N–H and O–H groups in total. The van der Waals surface area contributed by atoms with Crippen molar-refractivity contribution in [1.29, 1.82) is 0 Å². The Morgan fingerprint density at radius 1 is 1.12 bits per heavy atom. The Bertz CT molecular complexity index is 880. The summed E-state index contributed by atoms with van der Waals surface area (Å²) < 4.78 is 5.10. The molecule has 0 atom stereocenters. The van der Waals surface area contributed by atoms with Crippen LogP contribution in [0.4, 0.5) is 5.82 Å². The van der Waals surface area contributed by atoms with Crippen molar-refractivity contribution in [1.82, 2.24) is 14.9 Å². The first-order valence-corrected chi connectivity index (χ1v) is 8.11. The van der Waals surface area contributed by atoms with Crippen LogP contribution in [0.3, 0.4) is 0 Å². The zero-order valence-electron chi connectivity index (χ0n) is 14.7. The molecule has 6 heteroatoms. The molecular formula is C19H22N4O2. The minimum atomic E-state index is 0.0684. The van der Waals surface area contributed by atoms with Crippen LogP contribution in [0.1, 0.15) is 0 Å². The number of aromatic nitrogens is 2. The summed E-state index contributed by atoms with van der Waals surface area (Å²) in [5, 5.41) is 14.4. The van der Waals surface area contributed by atoms with Crippen molar-refractivity contribution in [3.05, 3.63) is 42.5 Å². The predicted molar refractivity (Wildman–Crippen MR) is 100 cm³/mol. The summed E-state index contributed by atoms with van der Waals surface area (Å²) in [6.07, 6.45) is 0. The van der Waals surface area contributed by atoms with Crippen LogP contribution in [0.2, 0.25) is 0 Å². The van der Waals surface area contributed by atoms with E-state index < -0.39 is 0 Å². The van der Waals surface area contributed by atoms with Gasteiger partial charge in [-0.05, 0) is 44.4 Å². The number of nitrogens with one attached hydrogen (secondary N) is 1. The summed E-state index contributed by atoms with van der Waals surface area (Å²) >= 11 is 0. The Kier molecular flexibility index (Phi) is 5.00. The Balaban J connectivity index is 2.02. The smallest absolute Gasteiger partial charge is 0.162 e. The highest BCUT2D eigenvalue weighted by Crippen LogP contribution is 2.31. The SMILES string of the molecule is COc1ccc(-c2nc(NCCN(C)C)c3ccccc3n2)cc1O. The standard InChI is InChI=1S/C19H22N4O2/c1-23(2)11-10-20-19-14-6-4-5-7-15(14)21-18(22-19)13-8-9-17(25-3)16(24)12-13/h4-9,12,24H,10-11H2,1-3H3,(H,20,21,22). The van der Waals surface area contributed by atoms with E-state index in [1.165, 1.54) is 7.11 Å². The van der Waals surface area contributed by atoms with Gasteiger partial charge in [-0.25, -0.2) is 9.97 Å². The van der Waals surface area contributed by atoms with Crippen LogP contribution in [0.5, 0.6) is 11.5 Å². The number of nitrogens with zero attached hydrogens (tertiary/aromatic N) is 3. The number of aromatic hydroxyl groups is 1. The maximum atomic E-state index is 10.0. The van der Waals surface area contributed by atoms with E-state index >= 15 is 0 Å². The number of phenols is 1. The highest BCUT2D eigenvalue weighted by molar-refractivity contribution is 5.90. The third kappa shape index (κ3) is 3.80. The summed E-state index contributed by atoms with van der Waals surface area (Å²) in [4.78, 5) is 11.4. The fourth-order valence-corrected chi connectivity index (χ4v) is 2.57. The molecule has 0 saturated heterocycles. The maximum Gasteiger partial charge on any atom is 0.162 e. The number of benzene rings is 2. The Morgan fingerprint density at radius 2 is 1.92 bits per heavy atom. The number of fused-ring (bicyclic) bond motifs is 1. The van der Waals surface area contributed by atoms with Gasteiger partial charge < -0.3 is 20.1 Å². The Hall–Kier alpha value is -2.86. The maximum absolute atomic E-state index is 10.0. The van der Waals surface area contributed by atoms with Gasteiger partial charge in [0.05, 0.1) is 12.6 Å². The molecule has 6 nitrogen and oxygen atoms in total. The number of anilines is 1. The third-order valence-electron chi connectivity index (χ3n) is 3.89. The second-order valence-electron chi connectivity index (χ2n) is 6.03. The molecule has 0 bridgehead atoms. The quantitative estimate of drug-likeness (QED) is 0.720. The first kappa shape index (κ1) is 17.0. The van der Waals surface area contributed by atoms with Crippen molar-refractivity contribution in [3.63, 3.8) is 0 Å². The van der Waals surface area contributed by atoms with Crippen molar-refractivity contribution >= 4 is 16.7 Å². The zero-order valence-corrected chi connectivity index (χ0v) is 14.7. The monoisotopic (exact) mass is 338 g/mol. The van der Waals surface area contributed by atoms with Crippen LogP contribution in [0, 0.1) is 0 Å². The van der Waals surface area contributed by atoms with Crippen molar-refractivity contribution in [2.45, 2.75) is 0 Å². The van der Waals surface area contributed by atoms with E-state index in [0.717, 1.165) is 35.4 Å². The highest BCUT2D eigenvalue weighted by atomic mass is 16.5. The predicted octanol–water partition coefficient (Wildman–Crippen LogP) is 2.98. The molecule has 3 aromatic rings. The molecular weight excluding hydrogens is 316 g/mol. The van der Waals surface area contributed by atoms with E-state index in [1.807, 2.05) is 44.4 Å². The lowest BCUT2D eigenvalue weighted by atomic mass is 10.1. The topological polar surface area (TPSA) is 70.5 Å². The average Bonchev–Trinajstić information content (AvgIpc) is 2.61. The fourth-order valence-electron chi connectivity index (χ4n) is 2.57. The summed E-state index contributed by atoms with van der Waals surface area (Å²) in [6, 6.07) is 13.1. The van der Waals surface area contributed by atoms with E-state index in [0.29, 0.717) is 11.6 Å². The van der Waals surface area contributed by atoms with Crippen molar-refractivity contribution < 1.29 is 9.84 Å². The van der Waals surface area contributed by atoms with Gasteiger partial charge in [-0.3, -0.25) is 0 Å². The largest absolute Gasteiger partial charge is 0.504 e. The molecule has 0 unspecified atom stereocenters. The minimum Gasteiger partial charge on any atom is -0.504 e. The van der Waals surface area contributed by atoms with Crippen LogP contribution >= 0.6 is 0 Å². The molecule has 0 aliphatic rings. The van der Waals surface area contributed by atoms with E-state index in [-0.39, 0.29) is 5.75 Å². The van der Waals surface area contributed by atoms with Crippen LogP contribution in [-0.4, -0.2) is 54.3 Å². The number of methoxy groups -OCH3 is 1. The van der Waals surface area contributed by atoms with Gasteiger partial charge in [0.2, 0.25) is 0 Å². The van der Waals surface area contributed by atoms with Gasteiger partial charge in [0.1, 0.15) is 5.82 Å². The van der Waals surface area contributed by atoms with E-state index in [2.05, 4.69) is 20.2 Å². The molecule has 0 aliphatic carbocycles. The molecule has 2 aromatic carbocycles. The van der Waals surface area contributed by atoms with Crippen molar-refractivity contribution in [3.8, 4) is 22.9 Å². The first-order valence-electron chi connectivity index (χ1n) is 8.11. The highest BCUT2D eigenvalue weighted by Gasteiger charge is 2.11. The van der Waals surface area contributed by atoms with E-state index in [9.17, 15) is 5.11 Å². The van der Waals surface area contributed by atoms with Gasteiger partial charge in [-0.1, -0.05) is 12.1 Å². The molecule has 0 amide bonds. The van der Waals surface area contributed by atoms with Gasteiger partial charge in [-0.15, -0.1) is 0 Å². The molecule has 25 heavy (non-hydrogen) atoms. The number of rotatable bonds is 6. The summed E-state index contributed by atoms with van der Waals surface area (Å²) in [7, 11) is 5.59. The van der Waals surface area contributed by atoms with Crippen molar-refractivity contribution in [2.24, 2.45) is 0 Å². The molecule has 0 fully saturated rings. The zero-order chi connectivity index (χ0) is 17.8. The number of likely N-dealkylation sites (N-methyl/N-ethyl adjacent to an activating group) is 1.